The lowest BCUT2D eigenvalue weighted by atomic mass is 10.1. The molecule has 0 saturated heterocycles. The topological polar surface area (TPSA) is 29.9 Å². The average Bonchev–Trinajstić information content (AvgIpc) is 3.25. The lowest BCUT2D eigenvalue weighted by molar-refractivity contribution is 0.701. The van der Waals surface area contributed by atoms with Crippen LogP contribution in [0.1, 0.15) is 56.3 Å². The first-order chi connectivity index (χ1) is 10.4. The third kappa shape index (κ3) is 3.87. The molecule has 21 heavy (non-hydrogen) atoms. The molecule has 1 aliphatic rings. The first-order valence-corrected chi connectivity index (χ1v) is 8.20. The highest BCUT2D eigenvalue weighted by molar-refractivity contribution is 5.44. The number of hydrogen-bond acceptors (Lipinski definition) is 2. The smallest absolute Gasteiger partial charge is 0.0951 e. The van der Waals surface area contributed by atoms with Crippen LogP contribution in [-0.4, -0.2) is 9.55 Å². The molecule has 2 aromatic rings. The van der Waals surface area contributed by atoms with Crippen LogP contribution in [-0.2, 0) is 13.0 Å². The first-order valence-electron chi connectivity index (χ1n) is 8.20. The zero-order valence-electron chi connectivity index (χ0n) is 12.9. The predicted octanol–water partition coefficient (Wildman–Crippen LogP) is 4.56. The van der Waals surface area contributed by atoms with Crippen LogP contribution in [0.15, 0.2) is 36.8 Å². The van der Waals surface area contributed by atoms with Crippen molar-refractivity contribution in [3.8, 4) is 0 Å². The van der Waals surface area contributed by atoms with Gasteiger partial charge in [0.2, 0.25) is 0 Å². The number of aromatic nitrogens is 2. The van der Waals surface area contributed by atoms with Gasteiger partial charge in [-0.2, -0.15) is 0 Å². The highest BCUT2D eigenvalue weighted by atomic mass is 15.1. The maximum Gasteiger partial charge on any atom is 0.0951 e. The number of nitrogens with one attached hydrogen (secondary N) is 1. The fraction of sp³-hybridized carbons (Fsp3) is 0.500. The molecule has 0 atom stereocenters. The second-order valence-corrected chi connectivity index (χ2v) is 6.03. The van der Waals surface area contributed by atoms with Crippen LogP contribution >= 0.6 is 0 Å². The molecule has 1 aliphatic carbocycles. The summed E-state index contributed by atoms with van der Waals surface area (Å²) in [5.74, 6) is 0. The van der Waals surface area contributed by atoms with Crippen LogP contribution in [0.2, 0.25) is 0 Å². The molecule has 112 valence electrons. The number of unbranched alkanes of at least 4 members (excludes halogenated alkanes) is 2. The Morgan fingerprint density at radius 2 is 2.00 bits per heavy atom. The molecule has 1 fully saturated rings. The Morgan fingerprint density at radius 1 is 1.19 bits per heavy atom. The largest absolute Gasteiger partial charge is 0.379 e. The lowest BCUT2D eigenvalue weighted by Crippen LogP contribution is -2.05. The van der Waals surface area contributed by atoms with E-state index in [-0.39, 0.29) is 0 Å². The van der Waals surface area contributed by atoms with E-state index >= 15 is 0 Å². The molecule has 3 heteroatoms. The quantitative estimate of drug-likeness (QED) is 0.720. The molecule has 3 rings (SSSR count). The summed E-state index contributed by atoms with van der Waals surface area (Å²) in [5.41, 5.74) is 3.92. The van der Waals surface area contributed by atoms with Crippen LogP contribution in [0.3, 0.4) is 0 Å². The van der Waals surface area contributed by atoms with Crippen LogP contribution in [0.25, 0.3) is 0 Å². The van der Waals surface area contributed by atoms with Crippen molar-refractivity contribution in [3.05, 3.63) is 48.0 Å². The van der Waals surface area contributed by atoms with Crippen LogP contribution in [0, 0.1) is 0 Å². The summed E-state index contributed by atoms with van der Waals surface area (Å²) >= 11 is 0. The molecule has 3 nitrogen and oxygen atoms in total. The molecule has 0 radical (unpaired) electrons. The number of nitrogens with zero attached hydrogens (tertiary/aromatic N) is 2. The number of benzene rings is 1. The molecule has 0 aliphatic heterocycles. The van der Waals surface area contributed by atoms with E-state index in [4.69, 9.17) is 0 Å². The van der Waals surface area contributed by atoms with E-state index in [0.29, 0.717) is 6.04 Å². The van der Waals surface area contributed by atoms with Gasteiger partial charge in [-0.25, -0.2) is 4.98 Å². The fourth-order valence-corrected chi connectivity index (χ4v) is 2.71. The zero-order valence-corrected chi connectivity index (χ0v) is 12.9. The second-order valence-electron chi connectivity index (χ2n) is 6.03. The molecule has 1 N–H and O–H groups in total. The van der Waals surface area contributed by atoms with Gasteiger partial charge >= 0.3 is 0 Å². The molecule has 1 heterocycles. The number of anilines is 1. The molecular weight excluding hydrogens is 258 g/mol. The van der Waals surface area contributed by atoms with Crippen LogP contribution in [0.4, 0.5) is 5.69 Å². The van der Waals surface area contributed by atoms with E-state index in [1.165, 1.54) is 55.5 Å². The van der Waals surface area contributed by atoms with Crippen LogP contribution < -0.4 is 5.32 Å². The minimum atomic E-state index is 0.699. The van der Waals surface area contributed by atoms with E-state index in [9.17, 15) is 0 Å². The molecule has 0 amide bonds. The Bertz CT molecular complexity index is 552. The summed E-state index contributed by atoms with van der Waals surface area (Å²) in [4.78, 5) is 4.27. The highest BCUT2D eigenvalue weighted by Crippen LogP contribution is 2.35. The van der Waals surface area contributed by atoms with Gasteiger partial charge in [-0.1, -0.05) is 31.9 Å². The van der Waals surface area contributed by atoms with Gasteiger partial charge in [-0.15, -0.1) is 0 Å². The van der Waals surface area contributed by atoms with Crippen molar-refractivity contribution >= 4 is 5.69 Å². The summed E-state index contributed by atoms with van der Waals surface area (Å²) in [6.07, 6.45) is 11.6. The van der Waals surface area contributed by atoms with Crippen molar-refractivity contribution < 1.29 is 0 Å². The summed E-state index contributed by atoms with van der Waals surface area (Å²) in [6.45, 7) is 3.10. The van der Waals surface area contributed by atoms with Gasteiger partial charge < -0.3 is 9.88 Å². The summed E-state index contributed by atoms with van der Waals surface area (Å²) < 4.78 is 2.31. The summed E-state index contributed by atoms with van der Waals surface area (Å²) in [6, 6.07) is 9.58. The molecule has 0 spiro atoms. The Morgan fingerprint density at radius 3 is 2.71 bits per heavy atom. The second kappa shape index (κ2) is 6.79. The Labute approximate surface area is 127 Å². The maximum absolute atomic E-state index is 4.27. The monoisotopic (exact) mass is 283 g/mol. The minimum Gasteiger partial charge on any atom is -0.379 e. The molecule has 1 aromatic carbocycles. The minimum absolute atomic E-state index is 0.699. The third-order valence-electron chi connectivity index (χ3n) is 4.18. The fourth-order valence-electron chi connectivity index (χ4n) is 2.71. The van der Waals surface area contributed by atoms with Crippen molar-refractivity contribution in [2.24, 2.45) is 0 Å². The van der Waals surface area contributed by atoms with Gasteiger partial charge in [-0.3, -0.25) is 0 Å². The van der Waals surface area contributed by atoms with Gasteiger partial charge in [0.1, 0.15) is 0 Å². The molecule has 0 unspecified atom stereocenters. The SMILES string of the molecule is CCCCCc1ccc(NCc2cncn2C2CC2)cc1. The predicted molar refractivity (Wildman–Crippen MR) is 87.5 cm³/mol. The summed E-state index contributed by atoms with van der Waals surface area (Å²) in [7, 11) is 0. The van der Waals surface area contributed by atoms with Crippen molar-refractivity contribution in [3.63, 3.8) is 0 Å². The van der Waals surface area contributed by atoms with E-state index in [1.807, 2.05) is 12.5 Å². The molecular formula is C18H25N3. The van der Waals surface area contributed by atoms with Crippen molar-refractivity contribution in [2.75, 3.05) is 5.32 Å². The maximum atomic E-state index is 4.27. The Kier molecular flexibility index (Phi) is 4.59. The van der Waals surface area contributed by atoms with Crippen molar-refractivity contribution in [2.45, 2.75) is 58.0 Å². The third-order valence-corrected chi connectivity index (χ3v) is 4.18. The number of aryl methyl sites for hydroxylation is 1. The van der Waals surface area contributed by atoms with E-state index in [1.54, 1.807) is 0 Å². The number of hydrogen-bond donors (Lipinski definition) is 1. The van der Waals surface area contributed by atoms with Crippen molar-refractivity contribution in [1.82, 2.24) is 9.55 Å². The van der Waals surface area contributed by atoms with E-state index in [2.05, 4.69) is 46.1 Å². The molecule has 1 aromatic heterocycles. The van der Waals surface area contributed by atoms with Gasteiger partial charge in [0.15, 0.2) is 0 Å². The van der Waals surface area contributed by atoms with E-state index < -0.39 is 0 Å². The van der Waals surface area contributed by atoms with Crippen LogP contribution in [0.5, 0.6) is 0 Å². The highest BCUT2D eigenvalue weighted by Gasteiger charge is 2.24. The average molecular weight is 283 g/mol. The number of imidazole rings is 1. The number of rotatable bonds is 8. The van der Waals surface area contributed by atoms with Crippen molar-refractivity contribution in [1.29, 1.82) is 0 Å². The van der Waals surface area contributed by atoms with Gasteiger partial charge in [0.25, 0.3) is 0 Å². The van der Waals surface area contributed by atoms with Gasteiger partial charge in [0, 0.05) is 17.9 Å². The lowest BCUT2D eigenvalue weighted by Gasteiger charge is -2.10. The zero-order chi connectivity index (χ0) is 14.5. The Hall–Kier alpha value is -1.77. The van der Waals surface area contributed by atoms with E-state index in [0.717, 1.165) is 6.54 Å². The molecule has 0 bridgehead atoms. The standard InChI is InChI=1S/C18H25N3/c1-2-3-4-5-15-6-8-16(9-7-15)20-13-18-12-19-14-21(18)17-10-11-17/h6-9,12,14,17,20H,2-5,10-11,13H2,1H3. The van der Waals surface area contributed by atoms with Gasteiger partial charge in [0.05, 0.1) is 18.6 Å². The summed E-state index contributed by atoms with van der Waals surface area (Å²) in [5, 5.41) is 3.50. The van der Waals surface area contributed by atoms with Gasteiger partial charge in [-0.05, 0) is 43.4 Å². The molecule has 1 saturated carbocycles. The first kappa shape index (κ1) is 14.2. The normalized spacial score (nSPS) is 14.3. The Balaban J connectivity index is 1.51.